The monoisotopic (exact) mass is 400 g/mol. The van der Waals surface area contributed by atoms with Crippen molar-refractivity contribution in [2.75, 3.05) is 19.3 Å². The fraction of sp³-hybridized carbons (Fsp3) is 0.409. The Hall–Kier alpha value is -2.18. The van der Waals surface area contributed by atoms with E-state index in [0.717, 1.165) is 31.5 Å². The van der Waals surface area contributed by atoms with Crippen molar-refractivity contribution in [3.05, 3.63) is 65.2 Å². The molecule has 1 N–H and O–H groups in total. The van der Waals surface area contributed by atoms with Gasteiger partial charge in [0.15, 0.2) is 9.84 Å². The smallest absolute Gasteiger partial charge is 0.252 e. The number of nitrogens with zero attached hydrogens (tertiary/aromatic N) is 1. The largest absolute Gasteiger partial charge is 0.348 e. The fourth-order valence-corrected chi connectivity index (χ4v) is 4.55. The molecule has 3 rings (SSSR count). The van der Waals surface area contributed by atoms with Gasteiger partial charge in [-0.3, -0.25) is 9.69 Å². The van der Waals surface area contributed by atoms with Crippen LogP contribution in [0.2, 0.25) is 0 Å². The van der Waals surface area contributed by atoms with Gasteiger partial charge < -0.3 is 5.32 Å². The molecule has 1 saturated heterocycles. The van der Waals surface area contributed by atoms with E-state index in [0.29, 0.717) is 6.54 Å². The van der Waals surface area contributed by atoms with Crippen LogP contribution in [-0.4, -0.2) is 38.6 Å². The zero-order chi connectivity index (χ0) is 20.0. The van der Waals surface area contributed by atoms with Crippen LogP contribution in [-0.2, 0) is 22.9 Å². The van der Waals surface area contributed by atoms with E-state index in [-0.39, 0.29) is 16.4 Å². The first kappa shape index (κ1) is 20.6. The van der Waals surface area contributed by atoms with Crippen LogP contribution >= 0.6 is 0 Å². The minimum Gasteiger partial charge on any atom is -0.348 e. The summed E-state index contributed by atoms with van der Waals surface area (Å²) in [5, 5.41) is 2.90. The summed E-state index contributed by atoms with van der Waals surface area (Å²) in [5.74, 6) is -0.370. The summed E-state index contributed by atoms with van der Waals surface area (Å²) in [6, 6.07) is 14.5. The van der Waals surface area contributed by atoms with E-state index in [1.54, 1.807) is 18.2 Å². The molecule has 6 heteroatoms. The molecule has 1 heterocycles. The van der Waals surface area contributed by atoms with Crippen molar-refractivity contribution in [1.29, 1.82) is 0 Å². The van der Waals surface area contributed by atoms with Crippen molar-refractivity contribution in [1.82, 2.24) is 10.2 Å². The maximum absolute atomic E-state index is 12.6. The van der Waals surface area contributed by atoms with E-state index in [2.05, 4.69) is 16.3 Å². The first-order valence-electron chi connectivity index (χ1n) is 9.81. The van der Waals surface area contributed by atoms with Crippen molar-refractivity contribution in [3.63, 3.8) is 0 Å². The normalized spacial score (nSPS) is 15.8. The Bertz CT molecular complexity index is 917. The summed E-state index contributed by atoms with van der Waals surface area (Å²) in [4.78, 5) is 15.2. The molecule has 1 fully saturated rings. The lowest BCUT2D eigenvalue weighted by Crippen LogP contribution is -2.27. The Morgan fingerprint density at radius 2 is 1.54 bits per heavy atom. The van der Waals surface area contributed by atoms with Gasteiger partial charge in [0.1, 0.15) is 0 Å². The number of nitrogens with one attached hydrogen (secondary N) is 1. The van der Waals surface area contributed by atoms with Crippen molar-refractivity contribution < 1.29 is 13.2 Å². The molecule has 1 aliphatic heterocycles. The van der Waals surface area contributed by atoms with E-state index in [1.807, 2.05) is 18.2 Å². The van der Waals surface area contributed by atoms with Crippen molar-refractivity contribution >= 4 is 15.7 Å². The van der Waals surface area contributed by atoms with Crippen LogP contribution < -0.4 is 5.32 Å². The quantitative estimate of drug-likeness (QED) is 0.807. The van der Waals surface area contributed by atoms with Crippen LogP contribution in [0.25, 0.3) is 0 Å². The van der Waals surface area contributed by atoms with Gasteiger partial charge >= 0.3 is 0 Å². The highest BCUT2D eigenvalue weighted by Crippen LogP contribution is 2.18. The minimum atomic E-state index is -3.46. The lowest BCUT2D eigenvalue weighted by molar-refractivity contribution is 0.0947. The number of hydrogen-bond acceptors (Lipinski definition) is 4. The van der Waals surface area contributed by atoms with Crippen molar-refractivity contribution in [2.24, 2.45) is 0 Å². The number of hydrogen-bond donors (Lipinski definition) is 1. The maximum Gasteiger partial charge on any atom is 0.252 e. The number of carbonyl (C=O) groups is 1. The zero-order valence-electron chi connectivity index (χ0n) is 16.4. The summed E-state index contributed by atoms with van der Waals surface area (Å²) < 4.78 is 23.9. The molecule has 0 spiro atoms. The molecule has 1 aliphatic rings. The molecular weight excluding hydrogens is 372 g/mol. The highest BCUT2D eigenvalue weighted by atomic mass is 32.2. The molecule has 0 aliphatic carbocycles. The molecule has 0 atom stereocenters. The highest BCUT2D eigenvalue weighted by molar-refractivity contribution is 7.90. The summed E-state index contributed by atoms with van der Waals surface area (Å²) in [6.07, 6.45) is 6.19. The number of likely N-dealkylation sites (tertiary alicyclic amines) is 1. The van der Waals surface area contributed by atoms with Gasteiger partial charge in [-0.15, -0.1) is 0 Å². The molecule has 150 valence electrons. The average molecular weight is 401 g/mol. The Kier molecular flexibility index (Phi) is 6.86. The molecule has 0 aromatic heterocycles. The Labute approximate surface area is 167 Å². The van der Waals surface area contributed by atoms with Gasteiger partial charge in [-0.25, -0.2) is 8.42 Å². The van der Waals surface area contributed by atoms with Crippen molar-refractivity contribution in [2.45, 2.75) is 43.7 Å². The maximum atomic E-state index is 12.6. The van der Waals surface area contributed by atoms with Gasteiger partial charge in [0.05, 0.1) is 10.5 Å². The molecular formula is C22H28N2O3S. The van der Waals surface area contributed by atoms with Gasteiger partial charge in [0.25, 0.3) is 5.91 Å². The van der Waals surface area contributed by atoms with E-state index in [4.69, 9.17) is 0 Å². The third-order valence-corrected chi connectivity index (χ3v) is 6.34. The molecule has 0 unspecified atom stereocenters. The third kappa shape index (κ3) is 5.42. The minimum absolute atomic E-state index is 0.0605. The van der Waals surface area contributed by atoms with E-state index < -0.39 is 9.84 Å². The summed E-state index contributed by atoms with van der Waals surface area (Å²) >= 11 is 0. The Morgan fingerprint density at radius 3 is 2.21 bits per heavy atom. The van der Waals surface area contributed by atoms with Gasteiger partial charge in [0.2, 0.25) is 0 Å². The second-order valence-electron chi connectivity index (χ2n) is 7.41. The van der Waals surface area contributed by atoms with E-state index in [9.17, 15) is 13.2 Å². The van der Waals surface area contributed by atoms with E-state index in [1.165, 1.54) is 37.3 Å². The number of sulfone groups is 1. The predicted octanol–water partition coefficient (Wildman–Crippen LogP) is 3.40. The van der Waals surface area contributed by atoms with Gasteiger partial charge in [0, 0.05) is 19.3 Å². The zero-order valence-corrected chi connectivity index (χ0v) is 17.2. The lowest BCUT2D eigenvalue weighted by Gasteiger charge is -2.21. The summed E-state index contributed by atoms with van der Waals surface area (Å²) in [5.41, 5.74) is 2.47. The molecule has 1 amide bonds. The van der Waals surface area contributed by atoms with Crippen LogP contribution in [0.15, 0.2) is 53.4 Å². The van der Waals surface area contributed by atoms with Crippen LogP contribution in [0.1, 0.15) is 47.2 Å². The third-order valence-electron chi connectivity index (χ3n) is 5.18. The van der Waals surface area contributed by atoms with Crippen LogP contribution in [0, 0.1) is 0 Å². The first-order valence-corrected chi connectivity index (χ1v) is 11.7. The molecule has 0 bridgehead atoms. The Balaban J connectivity index is 1.71. The molecule has 0 radical (unpaired) electrons. The fourth-order valence-electron chi connectivity index (χ4n) is 3.67. The summed E-state index contributed by atoms with van der Waals surface area (Å²) in [7, 11) is -3.46. The number of amides is 1. The number of carbonyl (C=O) groups excluding carboxylic acids is 1. The molecule has 2 aromatic rings. The SMILES string of the molecule is CS(=O)(=O)c1ccccc1C(=O)NCc1ccccc1CN1CCCCCC1. The second kappa shape index (κ2) is 9.34. The molecule has 0 saturated carbocycles. The second-order valence-corrected chi connectivity index (χ2v) is 9.39. The van der Waals surface area contributed by atoms with Crippen LogP contribution in [0.3, 0.4) is 0 Å². The predicted molar refractivity (Wildman–Crippen MR) is 111 cm³/mol. The number of benzene rings is 2. The molecule has 28 heavy (non-hydrogen) atoms. The standard InChI is InChI=1S/C22H28N2O3S/c1-28(26,27)21-13-7-6-12-20(21)22(25)23-16-18-10-4-5-11-19(18)17-24-14-8-2-3-9-15-24/h4-7,10-13H,2-3,8-9,14-17H2,1H3,(H,23,25). The molecule has 2 aromatic carbocycles. The Morgan fingerprint density at radius 1 is 0.929 bits per heavy atom. The molecule has 5 nitrogen and oxygen atoms in total. The number of rotatable bonds is 6. The van der Waals surface area contributed by atoms with Crippen molar-refractivity contribution in [3.8, 4) is 0 Å². The topological polar surface area (TPSA) is 66.5 Å². The van der Waals surface area contributed by atoms with Gasteiger partial charge in [-0.05, 0) is 49.2 Å². The van der Waals surface area contributed by atoms with Gasteiger partial charge in [-0.1, -0.05) is 49.2 Å². The van der Waals surface area contributed by atoms with Crippen LogP contribution in [0.4, 0.5) is 0 Å². The highest BCUT2D eigenvalue weighted by Gasteiger charge is 2.18. The van der Waals surface area contributed by atoms with E-state index >= 15 is 0 Å². The lowest BCUT2D eigenvalue weighted by atomic mass is 10.1. The summed E-state index contributed by atoms with van der Waals surface area (Å²) in [6.45, 7) is 3.48. The first-order chi connectivity index (χ1) is 13.4. The van der Waals surface area contributed by atoms with Gasteiger partial charge in [-0.2, -0.15) is 0 Å². The average Bonchev–Trinajstić information content (AvgIpc) is 2.95. The van der Waals surface area contributed by atoms with Crippen LogP contribution in [0.5, 0.6) is 0 Å².